The molecule has 2 rings (SSSR count). The maximum absolute atomic E-state index is 10.9. The van der Waals surface area contributed by atoms with Crippen LogP contribution in [-0.4, -0.2) is 27.1 Å². The second-order valence-electron chi connectivity index (χ2n) is 3.74. The highest BCUT2D eigenvalue weighted by Crippen LogP contribution is 2.28. The second-order valence-corrected chi connectivity index (χ2v) is 4.82. The smallest absolute Gasteiger partial charge is 0.374 e. The van der Waals surface area contributed by atoms with Crippen molar-refractivity contribution in [3.05, 3.63) is 38.8 Å². The minimum atomic E-state index is -1.46. The summed E-state index contributed by atoms with van der Waals surface area (Å²) in [6, 6.07) is 5.33. The number of hydrogen-bond donors (Lipinski definition) is 2. The van der Waals surface area contributed by atoms with Crippen LogP contribution in [0.1, 0.15) is 26.6 Å². The Morgan fingerprint density at radius 2 is 1.95 bits per heavy atom. The molecule has 0 unspecified atom stereocenters. The molecule has 0 spiro atoms. The molecule has 0 radical (unpaired) electrons. The lowest BCUT2D eigenvalue weighted by Crippen LogP contribution is -2.05. The van der Waals surface area contributed by atoms with Crippen LogP contribution in [0.25, 0.3) is 11.5 Å². The van der Waals surface area contributed by atoms with Crippen molar-refractivity contribution in [1.82, 2.24) is 4.98 Å². The van der Waals surface area contributed by atoms with Gasteiger partial charge in [-0.2, -0.15) is 0 Å². The first-order chi connectivity index (χ1) is 8.91. The number of nitrogens with zero attached hydrogens (tertiary/aromatic N) is 1. The fourth-order valence-corrected chi connectivity index (χ4v) is 2.13. The van der Waals surface area contributed by atoms with Gasteiger partial charge in [0.25, 0.3) is 0 Å². The molecule has 0 aliphatic heterocycles. The van der Waals surface area contributed by atoms with E-state index in [1.165, 1.54) is 0 Å². The van der Waals surface area contributed by atoms with Gasteiger partial charge in [0.2, 0.25) is 17.3 Å². The summed E-state index contributed by atoms with van der Waals surface area (Å²) in [6.45, 7) is 1.88. The van der Waals surface area contributed by atoms with Crippen LogP contribution < -0.4 is 0 Å². The largest absolute Gasteiger partial charge is 0.476 e. The van der Waals surface area contributed by atoms with Crippen molar-refractivity contribution in [2.75, 3.05) is 0 Å². The van der Waals surface area contributed by atoms with Crippen LogP contribution in [0.4, 0.5) is 0 Å². The maximum atomic E-state index is 10.9. The number of hydrogen-bond acceptors (Lipinski definition) is 4. The Labute approximate surface area is 121 Å². The van der Waals surface area contributed by atoms with Crippen molar-refractivity contribution in [3.8, 4) is 11.5 Å². The third-order valence-corrected chi connectivity index (χ3v) is 3.88. The van der Waals surface area contributed by atoms with Crippen molar-refractivity contribution in [1.29, 1.82) is 0 Å². The number of aromatic nitrogens is 1. The second kappa shape index (κ2) is 5.00. The van der Waals surface area contributed by atoms with Crippen molar-refractivity contribution in [2.24, 2.45) is 0 Å². The molecule has 0 atom stereocenters. The summed E-state index contributed by atoms with van der Waals surface area (Å²) in [6.07, 6.45) is 0. The van der Waals surface area contributed by atoms with Crippen molar-refractivity contribution in [2.45, 2.75) is 6.92 Å². The van der Waals surface area contributed by atoms with Gasteiger partial charge in [0.15, 0.2) is 0 Å². The molecule has 0 saturated heterocycles. The maximum Gasteiger partial charge on any atom is 0.374 e. The summed E-state index contributed by atoms with van der Waals surface area (Å²) >= 11 is 2.07. The van der Waals surface area contributed by atoms with Gasteiger partial charge in [0.05, 0.1) is 5.56 Å². The minimum Gasteiger partial charge on any atom is -0.476 e. The standard InChI is InChI=1S/C12H8INO5/c1-5-3-2-4-6(7(5)13)10-14-8(11(15)16)9(19-10)12(17)18/h2-4H,1H3,(H,15,16)(H,17,18). The van der Waals surface area contributed by atoms with Crippen LogP contribution >= 0.6 is 22.6 Å². The average Bonchev–Trinajstić information content (AvgIpc) is 2.77. The van der Waals surface area contributed by atoms with E-state index in [4.69, 9.17) is 14.6 Å². The van der Waals surface area contributed by atoms with E-state index in [-0.39, 0.29) is 5.89 Å². The molecule has 0 fully saturated rings. The molecule has 1 heterocycles. The summed E-state index contributed by atoms with van der Waals surface area (Å²) in [5, 5.41) is 17.8. The van der Waals surface area contributed by atoms with Crippen molar-refractivity contribution < 1.29 is 24.2 Å². The van der Waals surface area contributed by atoms with Gasteiger partial charge < -0.3 is 14.6 Å². The van der Waals surface area contributed by atoms with Gasteiger partial charge in [-0.05, 0) is 41.1 Å². The molecule has 2 N–H and O–H groups in total. The fraction of sp³-hybridized carbons (Fsp3) is 0.0833. The summed E-state index contributed by atoms with van der Waals surface area (Å²) in [5.41, 5.74) is 0.931. The lowest BCUT2D eigenvalue weighted by atomic mass is 10.1. The number of carboxylic acid groups (broad SMARTS) is 2. The fourth-order valence-electron chi connectivity index (χ4n) is 1.54. The Balaban J connectivity index is 2.64. The molecule has 6 nitrogen and oxygen atoms in total. The third kappa shape index (κ3) is 2.46. The number of aryl methyl sites for hydroxylation is 1. The Kier molecular flexibility index (Phi) is 3.56. The highest BCUT2D eigenvalue weighted by atomic mass is 127. The highest BCUT2D eigenvalue weighted by molar-refractivity contribution is 14.1. The number of oxazole rings is 1. The third-order valence-electron chi connectivity index (χ3n) is 2.45. The normalized spacial score (nSPS) is 10.4. The zero-order valence-corrected chi connectivity index (χ0v) is 11.8. The van der Waals surface area contributed by atoms with E-state index in [0.717, 1.165) is 9.13 Å². The Morgan fingerprint density at radius 1 is 1.26 bits per heavy atom. The van der Waals surface area contributed by atoms with E-state index in [1.807, 2.05) is 13.0 Å². The van der Waals surface area contributed by atoms with E-state index in [2.05, 4.69) is 27.6 Å². The van der Waals surface area contributed by atoms with E-state index >= 15 is 0 Å². The van der Waals surface area contributed by atoms with Crippen LogP contribution in [0.3, 0.4) is 0 Å². The number of rotatable bonds is 3. The molecule has 0 amide bonds. The van der Waals surface area contributed by atoms with Crippen LogP contribution in [0.2, 0.25) is 0 Å². The molecule has 0 saturated carbocycles. The first kappa shape index (κ1) is 13.5. The molecule has 2 aromatic rings. The number of halogens is 1. The number of carboxylic acids is 2. The molecule has 1 aromatic carbocycles. The summed E-state index contributed by atoms with van der Waals surface area (Å²) < 4.78 is 5.89. The summed E-state index contributed by atoms with van der Waals surface area (Å²) in [4.78, 5) is 25.6. The molecular weight excluding hydrogens is 365 g/mol. The minimum absolute atomic E-state index is 0.0112. The Morgan fingerprint density at radius 3 is 2.47 bits per heavy atom. The van der Waals surface area contributed by atoms with Gasteiger partial charge in [-0.1, -0.05) is 12.1 Å². The molecule has 7 heteroatoms. The van der Waals surface area contributed by atoms with Gasteiger partial charge in [0.1, 0.15) is 0 Å². The summed E-state index contributed by atoms with van der Waals surface area (Å²) in [5.74, 6) is -3.57. The van der Waals surface area contributed by atoms with Crippen molar-refractivity contribution >= 4 is 34.5 Å². The van der Waals surface area contributed by atoms with Gasteiger partial charge in [-0.3, -0.25) is 0 Å². The van der Waals surface area contributed by atoms with Gasteiger partial charge in [-0.25, -0.2) is 14.6 Å². The molecule has 19 heavy (non-hydrogen) atoms. The van der Waals surface area contributed by atoms with Crippen LogP contribution in [0.5, 0.6) is 0 Å². The van der Waals surface area contributed by atoms with Crippen molar-refractivity contribution in [3.63, 3.8) is 0 Å². The van der Waals surface area contributed by atoms with E-state index in [9.17, 15) is 9.59 Å². The van der Waals surface area contributed by atoms with Gasteiger partial charge in [-0.15, -0.1) is 0 Å². The number of carbonyl (C=O) groups is 2. The van der Waals surface area contributed by atoms with Gasteiger partial charge in [0, 0.05) is 3.57 Å². The van der Waals surface area contributed by atoms with E-state index in [1.54, 1.807) is 12.1 Å². The number of benzene rings is 1. The molecule has 0 bridgehead atoms. The van der Waals surface area contributed by atoms with E-state index in [0.29, 0.717) is 5.56 Å². The van der Waals surface area contributed by atoms with Gasteiger partial charge >= 0.3 is 11.9 Å². The molecular formula is C12H8INO5. The average molecular weight is 373 g/mol. The molecule has 0 aliphatic carbocycles. The SMILES string of the molecule is Cc1cccc(-c2nc(C(=O)O)c(C(=O)O)o2)c1I. The zero-order valence-electron chi connectivity index (χ0n) is 9.68. The highest BCUT2D eigenvalue weighted by Gasteiger charge is 2.26. The molecule has 1 aromatic heterocycles. The first-order valence-corrected chi connectivity index (χ1v) is 6.22. The predicted octanol–water partition coefficient (Wildman–Crippen LogP) is 2.65. The van der Waals surface area contributed by atoms with Crippen LogP contribution in [0, 0.1) is 10.5 Å². The van der Waals surface area contributed by atoms with Crippen LogP contribution in [0.15, 0.2) is 22.6 Å². The monoisotopic (exact) mass is 373 g/mol. The lowest BCUT2D eigenvalue weighted by Gasteiger charge is -2.02. The Bertz CT molecular complexity index is 645. The first-order valence-electron chi connectivity index (χ1n) is 5.14. The molecule has 0 aliphatic rings. The topological polar surface area (TPSA) is 101 Å². The zero-order chi connectivity index (χ0) is 14.2. The van der Waals surface area contributed by atoms with E-state index < -0.39 is 23.4 Å². The molecule has 98 valence electrons. The number of aromatic carboxylic acids is 2. The predicted molar refractivity (Wildman–Crippen MR) is 73.3 cm³/mol. The quantitative estimate of drug-likeness (QED) is 0.803. The van der Waals surface area contributed by atoms with Crippen LogP contribution in [-0.2, 0) is 0 Å². The Hall–Kier alpha value is -1.90. The lowest BCUT2D eigenvalue weighted by molar-refractivity contribution is 0.0624. The summed E-state index contributed by atoms with van der Waals surface area (Å²) in [7, 11) is 0.